The minimum Gasteiger partial charge on any atom is -0.396 e. The maximum absolute atomic E-state index is 8.29. The lowest BCUT2D eigenvalue weighted by Gasteiger charge is -1.89. The maximum Gasteiger partial charge on any atom is 0.116 e. The van der Waals surface area contributed by atoms with E-state index in [9.17, 15) is 0 Å². The third kappa shape index (κ3) is 8.51. The fraction of sp³-hybridized carbons (Fsp3) is 0.333. The molecule has 80 valence electrons. The fourth-order valence-corrected chi connectivity index (χ4v) is 0.731. The van der Waals surface area contributed by atoms with Gasteiger partial charge in [0, 0.05) is 6.21 Å². The van der Waals surface area contributed by atoms with Gasteiger partial charge in [-0.05, 0) is 25.5 Å². The minimum atomic E-state index is 0.715. The molecular formula is C12H16N2O. The summed E-state index contributed by atoms with van der Waals surface area (Å²) in [6.45, 7) is 4.60. The van der Waals surface area contributed by atoms with Gasteiger partial charge in [-0.3, -0.25) is 0 Å². The monoisotopic (exact) mass is 204 g/mol. The van der Waals surface area contributed by atoms with Gasteiger partial charge >= 0.3 is 0 Å². The lowest BCUT2D eigenvalue weighted by atomic mass is 10.2. The molecule has 3 nitrogen and oxygen atoms in total. The summed E-state index contributed by atoms with van der Waals surface area (Å²) in [5.41, 5.74) is 0.715. The van der Waals surface area contributed by atoms with Crippen LogP contribution in [0.1, 0.15) is 25.8 Å². The second kappa shape index (κ2) is 10.3. The van der Waals surface area contributed by atoms with Gasteiger partial charge < -0.3 is 4.84 Å². The molecule has 3 heteroatoms. The van der Waals surface area contributed by atoms with Crippen LogP contribution in [0.3, 0.4) is 0 Å². The molecule has 0 saturated carbocycles. The van der Waals surface area contributed by atoms with Crippen LogP contribution >= 0.6 is 0 Å². The molecule has 1 aromatic rings. The molecule has 0 saturated heterocycles. The second-order valence-electron chi connectivity index (χ2n) is 2.67. The van der Waals surface area contributed by atoms with E-state index in [0.717, 1.165) is 13.0 Å². The first-order chi connectivity index (χ1) is 7.35. The summed E-state index contributed by atoms with van der Waals surface area (Å²) in [4.78, 5) is 4.70. The molecule has 0 heterocycles. The zero-order chi connectivity index (χ0) is 11.4. The van der Waals surface area contributed by atoms with E-state index in [0.29, 0.717) is 5.56 Å². The normalized spacial score (nSPS) is 8.87. The van der Waals surface area contributed by atoms with Crippen LogP contribution in [-0.2, 0) is 4.84 Å². The van der Waals surface area contributed by atoms with Crippen LogP contribution in [0.15, 0.2) is 35.5 Å². The van der Waals surface area contributed by atoms with Crippen LogP contribution in [0.25, 0.3) is 0 Å². The Morgan fingerprint density at radius 3 is 2.47 bits per heavy atom. The smallest absolute Gasteiger partial charge is 0.116 e. The van der Waals surface area contributed by atoms with Gasteiger partial charge in [0.25, 0.3) is 0 Å². The fourth-order valence-electron chi connectivity index (χ4n) is 0.731. The summed E-state index contributed by atoms with van der Waals surface area (Å²) in [6.07, 6.45) is 2.66. The molecule has 0 radical (unpaired) electrons. The van der Waals surface area contributed by atoms with Crippen molar-refractivity contribution in [1.29, 1.82) is 5.26 Å². The van der Waals surface area contributed by atoms with Crippen LogP contribution in [0, 0.1) is 11.3 Å². The Morgan fingerprint density at radius 1 is 1.40 bits per heavy atom. The highest BCUT2D eigenvalue weighted by atomic mass is 16.6. The van der Waals surface area contributed by atoms with Crippen molar-refractivity contribution in [2.24, 2.45) is 5.16 Å². The maximum atomic E-state index is 8.29. The number of hydrogen-bond donors (Lipinski definition) is 0. The highest BCUT2D eigenvalue weighted by molar-refractivity contribution is 5.52. The number of rotatable bonds is 3. The van der Waals surface area contributed by atoms with Gasteiger partial charge in [0.05, 0.1) is 11.6 Å². The Balaban J connectivity index is 0.000000265. The van der Waals surface area contributed by atoms with E-state index in [1.54, 1.807) is 18.3 Å². The van der Waals surface area contributed by atoms with Crippen molar-refractivity contribution in [3.05, 3.63) is 35.9 Å². The van der Waals surface area contributed by atoms with Gasteiger partial charge in [-0.2, -0.15) is 5.26 Å². The summed E-state index contributed by atoms with van der Waals surface area (Å²) in [5, 5.41) is 11.8. The van der Waals surface area contributed by atoms with E-state index < -0.39 is 0 Å². The highest BCUT2D eigenvalue weighted by Gasteiger charge is 1.79. The molecular weight excluding hydrogens is 188 g/mol. The molecule has 0 bridgehead atoms. The quantitative estimate of drug-likeness (QED) is 0.431. The third-order valence-electron chi connectivity index (χ3n) is 1.38. The molecule has 15 heavy (non-hydrogen) atoms. The highest BCUT2D eigenvalue weighted by Crippen LogP contribution is 1.93. The summed E-state index contributed by atoms with van der Waals surface area (Å²) in [7, 11) is 0. The van der Waals surface area contributed by atoms with Gasteiger partial charge in [-0.15, -0.1) is 0 Å². The first-order valence-electron chi connectivity index (χ1n) is 4.90. The molecule has 1 rings (SSSR count). The molecule has 0 amide bonds. The lowest BCUT2D eigenvalue weighted by molar-refractivity contribution is 0.146. The number of benzene rings is 1. The SMILES string of the molecule is C/C=N/OCCC.N#Cc1ccccc1. The average molecular weight is 204 g/mol. The Hall–Kier alpha value is -1.82. The van der Waals surface area contributed by atoms with E-state index in [2.05, 4.69) is 5.16 Å². The molecule has 0 atom stereocenters. The summed E-state index contributed by atoms with van der Waals surface area (Å²) in [6, 6.07) is 11.2. The molecule has 0 N–H and O–H groups in total. The van der Waals surface area contributed by atoms with Crippen LogP contribution in [0.4, 0.5) is 0 Å². The zero-order valence-corrected chi connectivity index (χ0v) is 9.18. The van der Waals surface area contributed by atoms with Crippen LogP contribution in [0.5, 0.6) is 0 Å². The average Bonchev–Trinajstić information content (AvgIpc) is 2.32. The van der Waals surface area contributed by atoms with Gasteiger partial charge in [0.1, 0.15) is 6.61 Å². The molecule has 0 fully saturated rings. The van der Waals surface area contributed by atoms with Crippen molar-refractivity contribution in [3.63, 3.8) is 0 Å². The Morgan fingerprint density at radius 2 is 2.07 bits per heavy atom. The van der Waals surface area contributed by atoms with E-state index in [1.165, 1.54) is 0 Å². The first-order valence-corrected chi connectivity index (χ1v) is 4.90. The second-order valence-corrected chi connectivity index (χ2v) is 2.67. The van der Waals surface area contributed by atoms with Gasteiger partial charge in [0.2, 0.25) is 0 Å². The van der Waals surface area contributed by atoms with E-state index in [-0.39, 0.29) is 0 Å². The lowest BCUT2D eigenvalue weighted by Crippen LogP contribution is -1.81. The molecule has 0 aliphatic heterocycles. The Labute approximate surface area is 91.0 Å². The Kier molecular flexibility index (Phi) is 9.02. The molecule has 1 aromatic carbocycles. The van der Waals surface area contributed by atoms with Crippen molar-refractivity contribution < 1.29 is 4.84 Å². The zero-order valence-electron chi connectivity index (χ0n) is 9.18. The van der Waals surface area contributed by atoms with Crippen molar-refractivity contribution in [2.45, 2.75) is 20.3 Å². The number of nitriles is 1. The largest absolute Gasteiger partial charge is 0.396 e. The topological polar surface area (TPSA) is 45.4 Å². The molecule has 0 aliphatic rings. The molecule has 0 aliphatic carbocycles. The van der Waals surface area contributed by atoms with Crippen molar-refractivity contribution in [1.82, 2.24) is 0 Å². The minimum absolute atomic E-state index is 0.715. The molecule has 0 spiro atoms. The first kappa shape index (κ1) is 13.2. The van der Waals surface area contributed by atoms with Crippen LogP contribution < -0.4 is 0 Å². The van der Waals surface area contributed by atoms with Crippen LogP contribution in [-0.4, -0.2) is 12.8 Å². The van der Waals surface area contributed by atoms with Crippen molar-refractivity contribution in [2.75, 3.05) is 6.61 Å². The third-order valence-corrected chi connectivity index (χ3v) is 1.38. The van der Waals surface area contributed by atoms with E-state index in [4.69, 9.17) is 10.1 Å². The number of hydrogen-bond acceptors (Lipinski definition) is 3. The van der Waals surface area contributed by atoms with Crippen molar-refractivity contribution >= 4 is 6.21 Å². The number of nitrogens with zero attached hydrogens (tertiary/aromatic N) is 2. The van der Waals surface area contributed by atoms with Gasteiger partial charge in [0.15, 0.2) is 0 Å². The molecule has 0 unspecified atom stereocenters. The van der Waals surface area contributed by atoms with Gasteiger partial charge in [-0.1, -0.05) is 30.3 Å². The molecule has 0 aromatic heterocycles. The van der Waals surface area contributed by atoms with Crippen LogP contribution in [0.2, 0.25) is 0 Å². The van der Waals surface area contributed by atoms with Crippen molar-refractivity contribution in [3.8, 4) is 6.07 Å². The predicted octanol–water partition coefficient (Wildman–Crippen LogP) is 2.98. The van der Waals surface area contributed by atoms with E-state index >= 15 is 0 Å². The predicted molar refractivity (Wildman–Crippen MR) is 61.6 cm³/mol. The standard InChI is InChI=1S/C7H5N.C5H11NO/c8-6-7-4-2-1-3-5-7;1-3-5-7-6-4-2/h1-5H;4H,3,5H2,1-2H3/b;6-4+. The summed E-state index contributed by atoms with van der Waals surface area (Å²) >= 11 is 0. The summed E-state index contributed by atoms with van der Waals surface area (Å²) in [5.74, 6) is 0. The number of oxime groups is 1. The summed E-state index contributed by atoms with van der Waals surface area (Å²) < 4.78 is 0. The van der Waals surface area contributed by atoms with E-state index in [1.807, 2.05) is 38.1 Å². The Bertz CT molecular complexity index is 301. The van der Waals surface area contributed by atoms with Gasteiger partial charge in [-0.25, -0.2) is 0 Å².